The molecule has 0 fully saturated rings. The maximum Gasteiger partial charge on any atom is 0.255 e. The van der Waals surface area contributed by atoms with E-state index in [1.54, 1.807) is 30.3 Å². The second kappa shape index (κ2) is 6.19. The van der Waals surface area contributed by atoms with Crippen LogP contribution in [0, 0.1) is 13.8 Å². The number of amides is 1. The normalized spacial score (nSPS) is 11.0. The Kier molecular flexibility index (Phi) is 4.51. The van der Waals surface area contributed by atoms with Gasteiger partial charge in [-0.3, -0.25) is 9.52 Å². The van der Waals surface area contributed by atoms with Crippen LogP contribution in [0.2, 0.25) is 0 Å². The molecular formula is C16H18N2O3S. The number of aryl methyl sites for hydroxylation is 2. The van der Waals surface area contributed by atoms with Crippen LogP contribution in [0.15, 0.2) is 42.5 Å². The molecule has 0 bridgehead atoms. The third-order valence-corrected chi connectivity index (χ3v) is 3.69. The molecule has 0 heterocycles. The predicted octanol–water partition coefficient (Wildman–Crippen LogP) is 2.93. The lowest BCUT2D eigenvalue weighted by molar-refractivity contribution is 0.102. The van der Waals surface area contributed by atoms with E-state index < -0.39 is 10.0 Å². The molecule has 0 atom stereocenters. The van der Waals surface area contributed by atoms with Crippen molar-refractivity contribution in [3.8, 4) is 0 Å². The molecule has 0 spiro atoms. The Morgan fingerprint density at radius 2 is 1.64 bits per heavy atom. The number of hydrogen-bond donors (Lipinski definition) is 2. The summed E-state index contributed by atoms with van der Waals surface area (Å²) in [6, 6.07) is 12.2. The maximum atomic E-state index is 12.4. The molecule has 0 radical (unpaired) electrons. The van der Waals surface area contributed by atoms with E-state index in [1.807, 2.05) is 26.0 Å². The van der Waals surface area contributed by atoms with E-state index in [2.05, 4.69) is 10.0 Å². The molecule has 2 aromatic carbocycles. The SMILES string of the molecule is Cc1ccc(C(=O)Nc2ccccc2NS(C)(=O)=O)c(C)c1. The Morgan fingerprint density at radius 1 is 1.00 bits per heavy atom. The lowest BCUT2D eigenvalue weighted by Gasteiger charge is -2.13. The minimum atomic E-state index is -3.42. The topological polar surface area (TPSA) is 75.3 Å². The van der Waals surface area contributed by atoms with Gasteiger partial charge in [0.25, 0.3) is 5.91 Å². The predicted molar refractivity (Wildman–Crippen MR) is 88.8 cm³/mol. The van der Waals surface area contributed by atoms with Gasteiger partial charge in [-0.15, -0.1) is 0 Å². The number of nitrogens with one attached hydrogen (secondary N) is 2. The molecule has 2 aromatic rings. The van der Waals surface area contributed by atoms with E-state index in [4.69, 9.17) is 0 Å². The summed E-state index contributed by atoms with van der Waals surface area (Å²) in [7, 11) is -3.42. The quantitative estimate of drug-likeness (QED) is 0.910. The highest BCUT2D eigenvalue weighted by molar-refractivity contribution is 7.92. The van der Waals surface area contributed by atoms with Crippen molar-refractivity contribution in [3.63, 3.8) is 0 Å². The molecule has 116 valence electrons. The van der Waals surface area contributed by atoms with Crippen molar-refractivity contribution in [2.75, 3.05) is 16.3 Å². The first-order valence-corrected chi connectivity index (χ1v) is 8.61. The molecular weight excluding hydrogens is 300 g/mol. The molecule has 2 rings (SSSR count). The van der Waals surface area contributed by atoms with Crippen LogP contribution in [0.4, 0.5) is 11.4 Å². The largest absolute Gasteiger partial charge is 0.320 e. The van der Waals surface area contributed by atoms with Crippen molar-refractivity contribution in [1.29, 1.82) is 0 Å². The van der Waals surface area contributed by atoms with Crippen molar-refractivity contribution < 1.29 is 13.2 Å². The Morgan fingerprint density at radius 3 is 2.23 bits per heavy atom. The van der Waals surface area contributed by atoms with Crippen LogP contribution in [0.25, 0.3) is 0 Å². The first-order chi connectivity index (χ1) is 10.3. The highest BCUT2D eigenvalue weighted by Gasteiger charge is 2.13. The molecule has 0 saturated carbocycles. The zero-order valence-corrected chi connectivity index (χ0v) is 13.5. The number of hydrogen-bond acceptors (Lipinski definition) is 3. The molecule has 0 saturated heterocycles. The van der Waals surface area contributed by atoms with Gasteiger partial charge in [-0.05, 0) is 37.6 Å². The second-order valence-electron chi connectivity index (χ2n) is 5.19. The summed E-state index contributed by atoms with van der Waals surface area (Å²) >= 11 is 0. The summed E-state index contributed by atoms with van der Waals surface area (Å²) < 4.78 is 25.1. The molecule has 6 heteroatoms. The van der Waals surface area contributed by atoms with Crippen LogP contribution >= 0.6 is 0 Å². The zero-order chi connectivity index (χ0) is 16.3. The van der Waals surface area contributed by atoms with Crippen molar-refractivity contribution in [2.24, 2.45) is 0 Å². The van der Waals surface area contributed by atoms with Crippen LogP contribution < -0.4 is 10.0 Å². The Balaban J connectivity index is 2.29. The lowest BCUT2D eigenvalue weighted by Crippen LogP contribution is -2.16. The Labute approximate surface area is 130 Å². The van der Waals surface area contributed by atoms with Crippen molar-refractivity contribution >= 4 is 27.3 Å². The molecule has 22 heavy (non-hydrogen) atoms. The summed E-state index contributed by atoms with van der Waals surface area (Å²) in [6.07, 6.45) is 1.07. The zero-order valence-electron chi connectivity index (χ0n) is 12.7. The lowest BCUT2D eigenvalue weighted by atomic mass is 10.1. The highest BCUT2D eigenvalue weighted by Crippen LogP contribution is 2.23. The van der Waals surface area contributed by atoms with Gasteiger partial charge in [-0.1, -0.05) is 29.8 Å². The molecule has 0 unspecified atom stereocenters. The van der Waals surface area contributed by atoms with Crippen LogP contribution in [0.3, 0.4) is 0 Å². The fourth-order valence-corrected chi connectivity index (χ4v) is 2.72. The van der Waals surface area contributed by atoms with Crippen LogP contribution in [-0.4, -0.2) is 20.6 Å². The first kappa shape index (κ1) is 16.0. The molecule has 0 aliphatic carbocycles. The number of para-hydroxylation sites is 2. The molecule has 2 N–H and O–H groups in total. The number of sulfonamides is 1. The number of rotatable bonds is 4. The minimum absolute atomic E-state index is 0.278. The van der Waals surface area contributed by atoms with E-state index in [1.165, 1.54) is 0 Å². The van der Waals surface area contributed by atoms with E-state index in [0.29, 0.717) is 16.9 Å². The summed E-state index contributed by atoms with van der Waals surface area (Å²) in [6.45, 7) is 3.82. The standard InChI is InChI=1S/C16H18N2O3S/c1-11-8-9-13(12(2)10-11)16(19)17-14-6-4-5-7-15(14)18-22(3,20)21/h4-10,18H,1-3H3,(H,17,19). The van der Waals surface area contributed by atoms with Crippen LogP contribution in [-0.2, 0) is 10.0 Å². The first-order valence-electron chi connectivity index (χ1n) is 6.72. The second-order valence-corrected chi connectivity index (χ2v) is 6.94. The molecule has 0 aliphatic rings. The average molecular weight is 318 g/mol. The fourth-order valence-electron chi connectivity index (χ4n) is 2.14. The van der Waals surface area contributed by atoms with Gasteiger partial charge in [-0.2, -0.15) is 0 Å². The van der Waals surface area contributed by atoms with Crippen molar-refractivity contribution in [2.45, 2.75) is 13.8 Å². The molecule has 1 amide bonds. The van der Waals surface area contributed by atoms with Crippen LogP contribution in [0.5, 0.6) is 0 Å². The molecule has 0 aliphatic heterocycles. The number of carbonyl (C=O) groups is 1. The van der Waals surface area contributed by atoms with E-state index in [-0.39, 0.29) is 5.91 Å². The van der Waals surface area contributed by atoms with E-state index in [9.17, 15) is 13.2 Å². The average Bonchev–Trinajstić information content (AvgIpc) is 2.39. The van der Waals surface area contributed by atoms with Gasteiger partial charge in [0.1, 0.15) is 0 Å². The summed E-state index contributed by atoms with van der Waals surface area (Å²) in [5.74, 6) is -0.278. The number of carbonyl (C=O) groups excluding carboxylic acids is 1. The highest BCUT2D eigenvalue weighted by atomic mass is 32.2. The summed E-state index contributed by atoms with van der Waals surface area (Å²) in [5, 5.41) is 2.74. The van der Waals surface area contributed by atoms with Crippen molar-refractivity contribution in [1.82, 2.24) is 0 Å². The monoisotopic (exact) mass is 318 g/mol. The number of benzene rings is 2. The third-order valence-electron chi connectivity index (χ3n) is 3.10. The molecule has 0 aromatic heterocycles. The third kappa shape index (κ3) is 4.08. The van der Waals surface area contributed by atoms with Gasteiger partial charge in [0, 0.05) is 5.56 Å². The van der Waals surface area contributed by atoms with Gasteiger partial charge in [0.05, 0.1) is 17.6 Å². The fraction of sp³-hybridized carbons (Fsp3) is 0.188. The maximum absolute atomic E-state index is 12.4. The van der Waals surface area contributed by atoms with Gasteiger partial charge < -0.3 is 5.32 Å². The smallest absolute Gasteiger partial charge is 0.255 e. The van der Waals surface area contributed by atoms with Crippen LogP contribution in [0.1, 0.15) is 21.5 Å². The van der Waals surface area contributed by atoms with Gasteiger partial charge in [0.2, 0.25) is 10.0 Å². The molecule has 5 nitrogen and oxygen atoms in total. The van der Waals surface area contributed by atoms with Gasteiger partial charge in [0.15, 0.2) is 0 Å². The Hall–Kier alpha value is -2.34. The summed E-state index contributed by atoms with van der Waals surface area (Å²) in [4.78, 5) is 12.4. The van der Waals surface area contributed by atoms with E-state index >= 15 is 0 Å². The Bertz CT molecular complexity index is 814. The van der Waals surface area contributed by atoms with E-state index in [0.717, 1.165) is 17.4 Å². The van der Waals surface area contributed by atoms with Gasteiger partial charge in [-0.25, -0.2) is 8.42 Å². The number of anilines is 2. The summed E-state index contributed by atoms with van der Waals surface area (Å²) in [5.41, 5.74) is 3.25. The van der Waals surface area contributed by atoms with Crippen molar-refractivity contribution in [3.05, 3.63) is 59.2 Å². The van der Waals surface area contributed by atoms with Gasteiger partial charge >= 0.3 is 0 Å². The minimum Gasteiger partial charge on any atom is -0.320 e.